The minimum Gasteiger partial charge on any atom is -0.378 e. The first-order valence-electron chi connectivity index (χ1n) is 5.31. The van der Waals surface area contributed by atoms with Crippen molar-refractivity contribution in [1.82, 2.24) is 9.88 Å². The number of hydrogen-bond donors (Lipinski definition) is 1. The van der Waals surface area contributed by atoms with E-state index in [1.807, 2.05) is 6.07 Å². The molecule has 16 heavy (non-hydrogen) atoms. The number of carbonyl (C=O) groups is 1. The molecular formula is C11H15N3O2. The summed E-state index contributed by atoms with van der Waals surface area (Å²) in [6.07, 6.45) is 3.29. The molecule has 1 aromatic rings. The lowest BCUT2D eigenvalue weighted by Crippen LogP contribution is -2.45. The van der Waals surface area contributed by atoms with Gasteiger partial charge in [-0.3, -0.25) is 9.78 Å². The Labute approximate surface area is 94.2 Å². The van der Waals surface area contributed by atoms with Crippen molar-refractivity contribution < 1.29 is 9.53 Å². The number of aromatic nitrogens is 1. The molecule has 2 N–H and O–H groups in total. The standard InChI is InChI=1S/C11H15N3O2/c12-10(9-2-1-3-13-8-9)11(15)14-4-6-16-7-5-14/h1-3,8,10H,4-7,12H2. The lowest BCUT2D eigenvalue weighted by molar-refractivity contribution is -0.136. The normalized spacial score (nSPS) is 18.2. The van der Waals surface area contributed by atoms with Gasteiger partial charge in [-0.15, -0.1) is 0 Å². The second-order valence-corrected chi connectivity index (χ2v) is 3.70. The molecule has 1 amide bonds. The van der Waals surface area contributed by atoms with Gasteiger partial charge in [0.1, 0.15) is 6.04 Å². The SMILES string of the molecule is NC(C(=O)N1CCOCC1)c1cccnc1. The van der Waals surface area contributed by atoms with Crippen LogP contribution in [0.25, 0.3) is 0 Å². The Balaban J connectivity index is 2.04. The number of ether oxygens (including phenoxy) is 1. The lowest BCUT2D eigenvalue weighted by Gasteiger charge is -2.29. The van der Waals surface area contributed by atoms with E-state index < -0.39 is 6.04 Å². The predicted octanol–water partition coefficient (Wildman–Crippen LogP) is -0.0598. The molecule has 0 aromatic carbocycles. The Morgan fingerprint density at radius 1 is 1.50 bits per heavy atom. The zero-order chi connectivity index (χ0) is 11.4. The molecule has 1 fully saturated rings. The number of nitrogens with two attached hydrogens (primary N) is 1. The molecule has 86 valence electrons. The average molecular weight is 221 g/mol. The molecule has 0 bridgehead atoms. The van der Waals surface area contributed by atoms with E-state index in [1.54, 1.807) is 23.4 Å². The van der Waals surface area contributed by atoms with Gasteiger partial charge in [0.05, 0.1) is 13.2 Å². The minimum absolute atomic E-state index is 0.0590. The van der Waals surface area contributed by atoms with Crippen LogP contribution in [0.4, 0.5) is 0 Å². The summed E-state index contributed by atoms with van der Waals surface area (Å²) in [7, 11) is 0. The van der Waals surface area contributed by atoms with E-state index >= 15 is 0 Å². The van der Waals surface area contributed by atoms with Crippen LogP contribution in [0, 0.1) is 0 Å². The van der Waals surface area contributed by atoms with Gasteiger partial charge >= 0.3 is 0 Å². The molecule has 1 aromatic heterocycles. The Morgan fingerprint density at radius 2 is 2.25 bits per heavy atom. The first-order chi connectivity index (χ1) is 7.79. The van der Waals surface area contributed by atoms with E-state index in [9.17, 15) is 4.79 Å². The highest BCUT2D eigenvalue weighted by molar-refractivity contribution is 5.83. The summed E-state index contributed by atoms with van der Waals surface area (Å²) in [4.78, 5) is 17.7. The predicted molar refractivity (Wildman–Crippen MR) is 58.6 cm³/mol. The van der Waals surface area contributed by atoms with E-state index in [4.69, 9.17) is 10.5 Å². The maximum Gasteiger partial charge on any atom is 0.244 e. The number of rotatable bonds is 2. The van der Waals surface area contributed by atoms with E-state index in [0.717, 1.165) is 5.56 Å². The molecule has 5 heteroatoms. The summed E-state index contributed by atoms with van der Waals surface area (Å²) in [6.45, 7) is 2.41. The maximum absolute atomic E-state index is 12.0. The maximum atomic E-state index is 12.0. The molecule has 1 aliphatic rings. The molecular weight excluding hydrogens is 206 g/mol. The molecule has 0 spiro atoms. The van der Waals surface area contributed by atoms with Crippen LogP contribution < -0.4 is 5.73 Å². The van der Waals surface area contributed by atoms with Gasteiger partial charge in [-0.1, -0.05) is 6.07 Å². The summed E-state index contributed by atoms with van der Waals surface area (Å²) in [5.41, 5.74) is 6.65. The second-order valence-electron chi connectivity index (χ2n) is 3.70. The van der Waals surface area contributed by atoms with Crippen molar-refractivity contribution in [3.05, 3.63) is 30.1 Å². The fourth-order valence-corrected chi connectivity index (χ4v) is 1.68. The molecule has 1 unspecified atom stereocenters. The number of hydrogen-bond acceptors (Lipinski definition) is 4. The minimum atomic E-state index is -0.619. The number of carbonyl (C=O) groups excluding carboxylic acids is 1. The smallest absolute Gasteiger partial charge is 0.244 e. The van der Waals surface area contributed by atoms with Gasteiger partial charge in [-0.2, -0.15) is 0 Å². The molecule has 0 aliphatic carbocycles. The molecule has 2 rings (SSSR count). The van der Waals surface area contributed by atoms with Gasteiger partial charge in [-0.25, -0.2) is 0 Å². The van der Waals surface area contributed by atoms with Gasteiger partial charge in [0.25, 0.3) is 0 Å². The zero-order valence-electron chi connectivity index (χ0n) is 9.00. The van der Waals surface area contributed by atoms with E-state index in [1.165, 1.54) is 0 Å². The van der Waals surface area contributed by atoms with Gasteiger partial charge in [0.2, 0.25) is 5.91 Å². The summed E-state index contributed by atoms with van der Waals surface area (Å²) in [5, 5.41) is 0. The Kier molecular flexibility index (Phi) is 3.48. The van der Waals surface area contributed by atoms with Crippen molar-refractivity contribution in [1.29, 1.82) is 0 Å². The van der Waals surface area contributed by atoms with Crippen molar-refractivity contribution in [2.45, 2.75) is 6.04 Å². The molecule has 0 saturated carbocycles. The third kappa shape index (κ3) is 2.37. The summed E-state index contributed by atoms with van der Waals surface area (Å²) < 4.78 is 5.19. The summed E-state index contributed by atoms with van der Waals surface area (Å²) in [6, 6.07) is 2.98. The van der Waals surface area contributed by atoms with Gasteiger partial charge in [0.15, 0.2) is 0 Å². The zero-order valence-corrected chi connectivity index (χ0v) is 9.00. The first kappa shape index (κ1) is 11.0. The van der Waals surface area contributed by atoms with Crippen LogP contribution >= 0.6 is 0 Å². The summed E-state index contributed by atoms with van der Waals surface area (Å²) in [5.74, 6) is -0.0590. The van der Waals surface area contributed by atoms with Crippen molar-refractivity contribution in [2.75, 3.05) is 26.3 Å². The fraction of sp³-hybridized carbons (Fsp3) is 0.455. The topological polar surface area (TPSA) is 68.5 Å². The molecule has 5 nitrogen and oxygen atoms in total. The van der Waals surface area contributed by atoms with Crippen LogP contribution in [0.15, 0.2) is 24.5 Å². The molecule has 1 atom stereocenters. The highest BCUT2D eigenvalue weighted by atomic mass is 16.5. The molecule has 1 aliphatic heterocycles. The Bertz CT molecular complexity index is 350. The average Bonchev–Trinajstić information content (AvgIpc) is 2.39. The van der Waals surface area contributed by atoms with Crippen molar-refractivity contribution in [3.63, 3.8) is 0 Å². The Hall–Kier alpha value is -1.46. The monoisotopic (exact) mass is 221 g/mol. The van der Waals surface area contributed by atoms with Crippen LogP contribution in [0.3, 0.4) is 0 Å². The lowest BCUT2D eigenvalue weighted by atomic mass is 10.1. The van der Waals surface area contributed by atoms with E-state index in [2.05, 4.69) is 4.98 Å². The third-order valence-electron chi connectivity index (χ3n) is 2.63. The quantitative estimate of drug-likeness (QED) is 0.759. The van der Waals surface area contributed by atoms with E-state index in [-0.39, 0.29) is 5.91 Å². The van der Waals surface area contributed by atoms with Crippen LogP contribution in [-0.4, -0.2) is 42.1 Å². The van der Waals surface area contributed by atoms with Crippen molar-refractivity contribution >= 4 is 5.91 Å². The van der Waals surface area contributed by atoms with Crippen LogP contribution in [-0.2, 0) is 9.53 Å². The highest BCUT2D eigenvalue weighted by Gasteiger charge is 2.23. The van der Waals surface area contributed by atoms with Crippen LogP contribution in [0.2, 0.25) is 0 Å². The molecule has 0 radical (unpaired) electrons. The molecule has 2 heterocycles. The fourth-order valence-electron chi connectivity index (χ4n) is 1.68. The van der Waals surface area contributed by atoms with Crippen LogP contribution in [0.1, 0.15) is 11.6 Å². The third-order valence-corrected chi connectivity index (χ3v) is 2.63. The second kappa shape index (κ2) is 5.05. The largest absolute Gasteiger partial charge is 0.378 e. The molecule has 1 saturated heterocycles. The van der Waals surface area contributed by atoms with Gasteiger partial charge in [0, 0.05) is 25.5 Å². The number of amides is 1. The Morgan fingerprint density at radius 3 is 2.88 bits per heavy atom. The highest BCUT2D eigenvalue weighted by Crippen LogP contribution is 2.12. The number of pyridine rings is 1. The summed E-state index contributed by atoms with van der Waals surface area (Å²) >= 11 is 0. The van der Waals surface area contributed by atoms with Crippen LogP contribution in [0.5, 0.6) is 0 Å². The van der Waals surface area contributed by atoms with Gasteiger partial charge < -0.3 is 15.4 Å². The number of nitrogens with zero attached hydrogens (tertiary/aromatic N) is 2. The van der Waals surface area contributed by atoms with Gasteiger partial charge in [-0.05, 0) is 11.6 Å². The van der Waals surface area contributed by atoms with E-state index in [0.29, 0.717) is 26.3 Å². The number of morpholine rings is 1. The van der Waals surface area contributed by atoms with Crippen molar-refractivity contribution in [3.8, 4) is 0 Å². The first-order valence-corrected chi connectivity index (χ1v) is 5.31. The van der Waals surface area contributed by atoms with Crippen molar-refractivity contribution in [2.24, 2.45) is 5.73 Å².